The molecule has 1 N–H and O–H groups in total. The summed E-state index contributed by atoms with van der Waals surface area (Å²) in [6.45, 7) is 2.33. The zero-order valence-corrected chi connectivity index (χ0v) is 19.7. The van der Waals surface area contributed by atoms with Crippen molar-refractivity contribution in [2.75, 3.05) is 0 Å². The van der Waals surface area contributed by atoms with Crippen LogP contribution in [0, 0.1) is 6.92 Å². The number of aryl methyl sites for hydroxylation is 1. The van der Waals surface area contributed by atoms with Crippen LogP contribution >= 0.6 is 0 Å². The van der Waals surface area contributed by atoms with E-state index in [1.54, 1.807) is 47.6 Å². The van der Waals surface area contributed by atoms with Gasteiger partial charge >= 0.3 is 0 Å². The predicted octanol–water partition coefficient (Wildman–Crippen LogP) is 5.33. The summed E-state index contributed by atoms with van der Waals surface area (Å²) in [5.74, 6) is -0.649. The second kappa shape index (κ2) is 9.74. The van der Waals surface area contributed by atoms with Gasteiger partial charge in [0.15, 0.2) is 0 Å². The van der Waals surface area contributed by atoms with Gasteiger partial charge in [-0.1, -0.05) is 43.2 Å². The smallest absolute Gasteiger partial charge is 0.295 e. The first-order chi connectivity index (χ1) is 17.0. The first-order valence-corrected chi connectivity index (χ1v) is 12.0. The van der Waals surface area contributed by atoms with Crippen molar-refractivity contribution in [1.82, 2.24) is 9.88 Å². The van der Waals surface area contributed by atoms with Gasteiger partial charge in [0.2, 0.25) is 0 Å². The number of pyridine rings is 1. The minimum absolute atomic E-state index is 0.00888. The summed E-state index contributed by atoms with van der Waals surface area (Å²) in [6, 6.07) is 18.2. The summed E-state index contributed by atoms with van der Waals surface area (Å²) < 4.78 is 5.96. The van der Waals surface area contributed by atoms with Gasteiger partial charge in [-0.2, -0.15) is 0 Å². The molecular formula is C29H28N2O4. The highest BCUT2D eigenvalue weighted by molar-refractivity contribution is 6.46. The third-order valence-electron chi connectivity index (χ3n) is 6.91. The van der Waals surface area contributed by atoms with Crippen molar-refractivity contribution < 1.29 is 19.4 Å². The van der Waals surface area contributed by atoms with Crippen LogP contribution in [0.3, 0.4) is 0 Å². The Morgan fingerprint density at radius 1 is 1.03 bits per heavy atom. The number of hydrogen-bond donors (Lipinski definition) is 1. The quantitative estimate of drug-likeness (QED) is 0.300. The molecule has 0 spiro atoms. The molecule has 1 atom stereocenters. The highest BCUT2D eigenvalue weighted by atomic mass is 16.5. The Morgan fingerprint density at radius 2 is 1.74 bits per heavy atom. The number of likely N-dealkylation sites (tertiary alicyclic amines) is 1. The van der Waals surface area contributed by atoms with E-state index in [2.05, 4.69) is 4.98 Å². The standard InChI is InChI=1S/C29H28N2O4/c1-19-17-22(11-12-24(19)35-18-20-7-3-2-4-8-20)27(32)25-26(21-13-15-30-16-14-21)31(29(34)28(25)33)23-9-5-6-10-23/h2-4,7-8,11-17,23,26,32H,5-6,9-10,18H2,1H3/b27-25-. The molecular weight excluding hydrogens is 440 g/mol. The van der Waals surface area contributed by atoms with Crippen LogP contribution in [-0.4, -0.2) is 32.7 Å². The molecule has 1 saturated heterocycles. The third-order valence-corrected chi connectivity index (χ3v) is 6.91. The van der Waals surface area contributed by atoms with Gasteiger partial charge in [-0.15, -0.1) is 0 Å². The number of nitrogens with zero attached hydrogens (tertiary/aromatic N) is 2. The number of rotatable bonds is 6. The average Bonchev–Trinajstić information content (AvgIpc) is 3.50. The van der Waals surface area contributed by atoms with Gasteiger partial charge in [0.05, 0.1) is 11.6 Å². The van der Waals surface area contributed by atoms with Gasteiger partial charge in [-0.25, -0.2) is 0 Å². The van der Waals surface area contributed by atoms with E-state index in [0.29, 0.717) is 17.9 Å². The number of carbonyl (C=O) groups is 2. The molecule has 1 unspecified atom stereocenters. The van der Waals surface area contributed by atoms with Gasteiger partial charge in [0.25, 0.3) is 11.7 Å². The van der Waals surface area contributed by atoms with Crippen molar-refractivity contribution in [2.45, 2.75) is 51.3 Å². The molecule has 1 aromatic heterocycles. The maximum absolute atomic E-state index is 13.2. The van der Waals surface area contributed by atoms with Crippen molar-refractivity contribution in [3.05, 3.63) is 101 Å². The highest BCUT2D eigenvalue weighted by Crippen LogP contribution is 2.43. The fraction of sp³-hybridized carbons (Fsp3) is 0.276. The van der Waals surface area contributed by atoms with Gasteiger partial charge in [-0.05, 0) is 66.8 Å². The summed E-state index contributed by atoms with van der Waals surface area (Å²) in [4.78, 5) is 32.2. The average molecular weight is 469 g/mol. The number of aliphatic hydroxyl groups is 1. The van der Waals surface area contributed by atoms with Crippen molar-refractivity contribution in [1.29, 1.82) is 0 Å². The van der Waals surface area contributed by atoms with E-state index in [1.807, 2.05) is 37.3 Å². The molecule has 5 rings (SSSR count). The van der Waals surface area contributed by atoms with Crippen molar-refractivity contribution in [3.63, 3.8) is 0 Å². The van der Waals surface area contributed by atoms with Gasteiger partial charge in [0.1, 0.15) is 18.1 Å². The van der Waals surface area contributed by atoms with Crippen LogP contribution in [0.1, 0.15) is 54.0 Å². The molecule has 178 valence electrons. The molecule has 2 fully saturated rings. The zero-order chi connectivity index (χ0) is 24.4. The number of ether oxygens (including phenoxy) is 1. The maximum Gasteiger partial charge on any atom is 0.295 e. The van der Waals surface area contributed by atoms with Crippen LogP contribution in [0.2, 0.25) is 0 Å². The molecule has 1 amide bonds. The number of benzene rings is 2. The van der Waals surface area contributed by atoms with E-state index in [-0.39, 0.29) is 17.4 Å². The molecule has 2 aromatic carbocycles. The molecule has 3 aromatic rings. The molecule has 0 bridgehead atoms. The van der Waals surface area contributed by atoms with Crippen LogP contribution in [0.25, 0.3) is 5.76 Å². The van der Waals surface area contributed by atoms with Crippen LogP contribution < -0.4 is 4.74 Å². The fourth-order valence-electron chi connectivity index (χ4n) is 5.13. The van der Waals surface area contributed by atoms with Crippen LogP contribution in [0.15, 0.2) is 78.6 Å². The van der Waals surface area contributed by atoms with E-state index in [9.17, 15) is 14.7 Å². The number of amides is 1. The number of aliphatic hydroxyl groups excluding tert-OH is 1. The summed E-state index contributed by atoms with van der Waals surface area (Å²) in [5.41, 5.74) is 3.27. The number of ketones is 1. The number of aromatic nitrogens is 1. The zero-order valence-electron chi connectivity index (χ0n) is 19.7. The van der Waals surface area contributed by atoms with Crippen molar-refractivity contribution in [2.24, 2.45) is 0 Å². The lowest BCUT2D eigenvalue weighted by Crippen LogP contribution is -2.37. The Labute approximate surface area is 204 Å². The highest BCUT2D eigenvalue weighted by Gasteiger charge is 2.49. The molecule has 1 aliphatic carbocycles. The summed E-state index contributed by atoms with van der Waals surface area (Å²) >= 11 is 0. The van der Waals surface area contributed by atoms with Crippen LogP contribution in [0.5, 0.6) is 5.75 Å². The Balaban J connectivity index is 1.50. The normalized spacial score (nSPS) is 19.9. The van der Waals surface area contributed by atoms with Crippen LogP contribution in [-0.2, 0) is 16.2 Å². The third kappa shape index (κ3) is 4.44. The van der Waals surface area contributed by atoms with Crippen LogP contribution in [0.4, 0.5) is 0 Å². The molecule has 2 aliphatic rings. The van der Waals surface area contributed by atoms with Gasteiger partial charge in [0, 0.05) is 24.0 Å². The predicted molar refractivity (Wildman–Crippen MR) is 133 cm³/mol. The molecule has 6 heteroatoms. The summed E-state index contributed by atoms with van der Waals surface area (Å²) in [6.07, 6.45) is 7.07. The first-order valence-electron chi connectivity index (χ1n) is 12.0. The topological polar surface area (TPSA) is 79.7 Å². The Morgan fingerprint density at radius 3 is 2.43 bits per heavy atom. The summed E-state index contributed by atoms with van der Waals surface area (Å²) in [7, 11) is 0. The molecule has 35 heavy (non-hydrogen) atoms. The van der Waals surface area contributed by atoms with E-state index < -0.39 is 17.7 Å². The number of hydrogen-bond acceptors (Lipinski definition) is 5. The monoisotopic (exact) mass is 468 g/mol. The largest absolute Gasteiger partial charge is 0.507 e. The molecule has 0 radical (unpaired) electrons. The van der Waals surface area contributed by atoms with Crippen molar-refractivity contribution in [3.8, 4) is 5.75 Å². The van der Waals surface area contributed by atoms with E-state index in [4.69, 9.17) is 4.74 Å². The minimum atomic E-state index is -0.640. The fourth-order valence-corrected chi connectivity index (χ4v) is 5.13. The molecule has 2 heterocycles. The number of Topliss-reactive ketones (excluding diaryl/α,β-unsaturated/α-hetero) is 1. The lowest BCUT2D eigenvalue weighted by Gasteiger charge is -2.30. The second-order valence-corrected chi connectivity index (χ2v) is 9.18. The summed E-state index contributed by atoms with van der Waals surface area (Å²) in [5, 5.41) is 11.3. The Kier molecular flexibility index (Phi) is 6.36. The van der Waals surface area contributed by atoms with Gasteiger partial charge in [-0.3, -0.25) is 14.6 Å². The second-order valence-electron chi connectivity index (χ2n) is 9.18. The van der Waals surface area contributed by atoms with Gasteiger partial charge < -0.3 is 14.7 Å². The molecule has 1 saturated carbocycles. The van der Waals surface area contributed by atoms with E-state index in [0.717, 1.165) is 42.4 Å². The Hall–Kier alpha value is -3.93. The SMILES string of the molecule is Cc1cc(/C(O)=C2/C(=O)C(=O)N(C3CCCC3)C2c2ccncc2)ccc1OCc1ccccc1. The van der Waals surface area contributed by atoms with E-state index in [1.165, 1.54) is 0 Å². The van der Waals surface area contributed by atoms with E-state index >= 15 is 0 Å². The Bertz CT molecular complexity index is 1260. The van der Waals surface area contributed by atoms with Crippen molar-refractivity contribution >= 4 is 17.4 Å². The lowest BCUT2D eigenvalue weighted by atomic mass is 9.95. The molecule has 1 aliphatic heterocycles. The minimum Gasteiger partial charge on any atom is -0.507 e. The first kappa shape index (κ1) is 22.8. The lowest BCUT2D eigenvalue weighted by molar-refractivity contribution is -0.141. The molecule has 6 nitrogen and oxygen atoms in total. The number of carbonyl (C=O) groups excluding carboxylic acids is 2. The maximum atomic E-state index is 13.2.